The van der Waals surface area contributed by atoms with Crippen LogP contribution in [0, 0.1) is 11.2 Å². The van der Waals surface area contributed by atoms with Crippen molar-refractivity contribution in [3.8, 4) is 0 Å². The second-order valence-corrected chi connectivity index (χ2v) is 8.23. The van der Waals surface area contributed by atoms with E-state index in [4.69, 9.17) is 17.3 Å². The molecule has 1 aliphatic rings. The Morgan fingerprint density at radius 3 is 2.62 bits per heavy atom. The molecule has 1 aromatic carbocycles. The van der Waals surface area contributed by atoms with E-state index in [0.717, 1.165) is 0 Å². The molecule has 2 aromatic heterocycles. The highest BCUT2D eigenvalue weighted by Gasteiger charge is 2.41. The van der Waals surface area contributed by atoms with Crippen LogP contribution >= 0.6 is 11.6 Å². The van der Waals surface area contributed by atoms with E-state index in [9.17, 15) is 14.0 Å². The molecule has 2 amide bonds. The number of aromatic nitrogens is 3. The van der Waals surface area contributed by atoms with Crippen molar-refractivity contribution in [1.82, 2.24) is 20.1 Å². The van der Waals surface area contributed by atoms with E-state index >= 15 is 0 Å². The van der Waals surface area contributed by atoms with Gasteiger partial charge in [0.05, 0.1) is 22.2 Å². The molecule has 166 valence electrons. The molecule has 1 fully saturated rings. The molecule has 0 aliphatic carbocycles. The van der Waals surface area contributed by atoms with Crippen molar-refractivity contribution in [2.24, 2.45) is 11.1 Å². The maximum absolute atomic E-state index is 14.3. The molecule has 0 bridgehead atoms. The number of likely N-dealkylation sites (tertiary alicyclic amines) is 1. The van der Waals surface area contributed by atoms with Crippen molar-refractivity contribution in [3.05, 3.63) is 70.8 Å². The van der Waals surface area contributed by atoms with E-state index in [-0.39, 0.29) is 23.7 Å². The number of pyridine rings is 1. The molecule has 32 heavy (non-hydrogen) atoms. The van der Waals surface area contributed by atoms with E-state index in [2.05, 4.69) is 20.5 Å². The van der Waals surface area contributed by atoms with Gasteiger partial charge in [-0.1, -0.05) is 23.7 Å². The van der Waals surface area contributed by atoms with Gasteiger partial charge >= 0.3 is 0 Å². The van der Waals surface area contributed by atoms with Crippen molar-refractivity contribution in [2.45, 2.75) is 19.3 Å². The number of nitrogens with one attached hydrogen (secondary N) is 2. The summed E-state index contributed by atoms with van der Waals surface area (Å²) in [4.78, 5) is 31.4. The van der Waals surface area contributed by atoms with Crippen molar-refractivity contribution in [2.75, 3.05) is 18.4 Å². The summed E-state index contributed by atoms with van der Waals surface area (Å²) in [5, 5.41) is 9.69. The Morgan fingerprint density at radius 1 is 1.19 bits per heavy atom. The molecule has 3 heterocycles. The number of carbonyl (C=O) groups excluding carboxylic acids is 2. The van der Waals surface area contributed by atoms with Crippen LogP contribution in [0.15, 0.2) is 48.7 Å². The lowest BCUT2D eigenvalue weighted by Gasteiger charge is -2.39. The van der Waals surface area contributed by atoms with Gasteiger partial charge in [-0.3, -0.25) is 14.7 Å². The smallest absolute Gasteiger partial charge is 0.256 e. The first-order valence-corrected chi connectivity index (χ1v) is 10.5. The molecule has 10 heteroatoms. The molecule has 4 N–H and O–H groups in total. The summed E-state index contributed by atoms with van der Waals surface area (Å²) in [5.74, 6) is -0.328. The maximum atomic E-state index is 14.3. The van der Waals surface area contributed by atoms with Gasteiger partial charge in [0.15, 0.2) is 5.82 Å². The number of amides is 2. The number of nitrogens with two attached hydrogens (primary N) is 1. The third-order valence-electron chi connectivity index (χ3n) is 5.80. The Labute approximate surface area is 189 Å². The number of piperidine rings is 1. The van der Waals surface area contributed by atoms with Crippen LogP contribution in [0.3, 0.4) is 0 Å². The van der Waals surface area contributed by atoms with Gasteiger partial charge in [-0.25, -0.2) is 9.37 Å². The lowest BCUT2D eigenvalue weighted by molar-refractivity contribution is -0.130. The number of primary amides is 1. The molecule has 4 rings (SSSR count). The fourth-order valence-corrected chi connectivity index (χ4v) is 4.12. The summed E-state index contributed by atoms with van der Waals surface area (Å²) in [6.07, 6.45) is 2.68. The first-order chi connectivity index (χ1) is 15.4. The van der Waals surface area contributed by atoms with E-state index < -0.39 is 23.0 Å². The predicted octanol–water partition coefficient (Wildman–Crippen LogP) is 3.29. The summed E-state index contributed by atoms with van der Waals surface area (Å²) >= 11 is 5.81. The highest BCUT2D eigenvalue weighted by atomic mass is 35.5. The standard InChI is InChI=1S/C22H22ClFN6O2/c23-16-5-2-4-15(19(16)24)20(31)30-11-8-22(9-12-30,21(25)32)13-14-3-1-6-17(27-14)28-18-7-10-26-29-18/h1-7,10H,8-9,11-13H2,(H2,25,32)(H2,26,27,28,29). The molecule has 0 radical (unpaired) electrons. The Morgan fingerprint density at radius 2 is 1.94 bits per heavy atom. The fourth-order valence-electron chi connectivity index (χ4n) is 3.95. The quantitative estimate of drug-likeness (QED) is 0.526. The Bertz CT molecular complexity index is 1130. The lowest BCUT2D eigenvalue weighted by atomic mass is 9.74. The van der Waals surface area contributed by atoms with E-state index in [1.807, 2.05) is 18.2 Å². The van der Waals surface area contributed by atoms with Crippen LogP contribution in [-0.4, -0.2) is 45.0 Å². The van der Waals surface area contributed by atoms with Crippen LogP contribution in [0.2, 0.25) is 5.02 Å². The number of carbonyl (C=O) groups is 2. The zero-order valence-corrected chi connectivity index (χ0v) is 17.9. The number of rotatable bonds is 6. The molecular weight excluding hydrogens is 435 g/mol. The third kappa shape index (κ3) is 4.43. The van der Waals surface area contributed by atoms with E-state index in [1.54, 1.807) is 12.3 Å². The normalized spacial score (nSPS) is 15.4. The Kier molecular flexibility index (Phi) is 6.09. The zero-order chi connectivity index (χ0) is 22.7. The third-order valence-corrected chi connectivity index (χ3v) is 6.09. The first-order valence-electron chi connectivity index (χ1n) is 10.1. The number of hydrogen-bond donors (Lipinski definition) is 3. The minimum atomic E-state index is -0.844. The predicted molar refractivity (Wildman–Crippen MR) is 118 cm³/mol. The molecule has 1 aliphatic heterocycles. The molecular formula is C22H22ClFN6O2. The number of halogens is 2. The summed E-state index contributed by atoms with van der Waals surface area (Å²) < 4.78 is 14.3. The fraction of sp³-hybridized carbons (Fsp3) is 0.273. The van der Waals surface area contributed by atoms with Gasteiger partial charge in [0.1, 0.15) is 11.6 Å². The molecule has 0 atom stereocenters. The SMILES string of the molecule is NC(=O)C1(Cc2cccc(Nc3ccn[nH]3)n2)CCN(C(=O)c2cccc(Cl)c2F)CC1. The number of anilines is 2. The van der Waals surface area contributed by atoms with Crippen LogP contribution in [0.1, 0.15) is 28.9 Å². The number of H-pyrrole nitrogens is 1. The van der Waals surface area contributed by atoms with Gasteiger partial charge in [0.25, 0.3) is 5.91 Å². The van der Waals surface area contributed by atoms with E-state index in [1.165, 1.54) is 23.1 Å². The molecule has 0 unspecified atom stereocenters. The average Bonchev–Trinajstić information content (AvgIpc) is 3.29. The second kappa shape index (κ2) is 8.96. The number of hydrogen-bond acceptors (Lipinski definition) is 5. The topological polar surface area (TPSA) is 117 Å². The van der Waals surface area contributed by atoms with Gasteiger partial charge in [-0.05, 0) is 37.1 Å². The van der Waals surface area contributed by atoms with Crippen molar-refractivity contribution in [1.29, 1.82) is 0 Å². The highest BCUT2D eigenvalue weighted by molar-refractivity contribution is 6.31. The highest BCUT2D eigenvalue weighted by Crippen LogP contribution is 2.35. The summed E-state index contributed by atoms with van der Waals surface area (Å²) in [6.45, 7) is 0.555. The van der Waals surface area contributed by atoms with Crippen molar-refractivity contribution in [3.63, 3.8) is 0 Å². The zero-order valence-electron chi connectivity index (χ0n) is 17.1. The van der Waals surface area contributed by atoms with Gasteiger partial charge < -0.3 is 16.0 Å². The summed E-state index contributed by atoms with van der Waals surface area (Å²) in [5.41, 5.74) is 5.58. The monoisotopic (exact) mass is 456 g/mol. The van der Waals surface area contributed by atoms with Crippen LogP contribution < -0.4 is 11.1 Å². The van der Waals surface area contributed by atoms with Gasteiger partial charge in [0, 0.05) is 31.3 Å². The van der Waals surface area contributed by atoms with E-state index in [0.29, 0.717) is 36.6 Å². The van der Waals surface area contributed by atoms with Crippen LogP contribution in [0.5, 0.6) is 0 Å². The minimum absolute atomic E-state index is 0.0803. The largest absolute Gasteiger partial charge is 0.369 e. The lowest BCUT2D eigenvalue weighted by Crippen LogP contribution is -2.50. The molecule has 1 saturated heterocycles. The second-order valence-electron chi connectivity index (χ2n) is 7.82. The average molecular weight is 457 g/mol. The maximum Gasteiger partial charge on any atom is 0.256 e. The van der Waals surface area contributed by atoms with Crippen molar-refractivity contribution < 1.29 is 14.0 Å². The van der Waals surface area contributed by atoms with Crippen molar-refractivity contribution >= 4 is 35.1 Å². The summed E-state index contributed by atoms with van der Waals surface area (Å²) in [7, 11) is 0. The van der Waals surface area contributed by atoms with Crippen LogP contribution in [-0.2, 0) is 11.2 Å². The molecule has 8 nitrogen and oxygen atoms in total. The number of aromatic amines is 1. The van der Waals surface area contributed by atoms with Gasteiger partial charge in [0.2, 0.25) is 5.91 Å². The first kappa shape index (κ1) is 21.8. The van der Waals surface area contributed by atoms with Crippen LogP contribution in [0.25, 0.3) is 0 Å². The Hall–Kier alpha value is -3.46. The number of benzene rings is 1. The summed E-state index contributed by atoms with van der Waals surface area (Å²) in [6, 6.07) is 11.6. The number of nitrogens with zero attached hydrogens (tertiary/aromatic N) is 3. The van der Waals surface area contributed by atoms with Gasteiger partial charge in [-0.15, -0.1) is 0 Å². The van der Waals surface area contributed by atoms with Gasteiger partial charge in [-0.2, -0.15) is 5.10 Å². The molecule has 3 aromatic rings. The Balaban J connectivity index is 1.47. The minimum Gasteiger partial charge on any atom is -0.369 e. The molecule has 0 spiro atoms. The van der Waals surface area contributed by atoms with Crippen LogP contribution in [0.4, 0.5) is 16.0 Å². The molecule has 0 saturated carbocycles.